The van der Waals surface area contributed by atoms with Gasteiger partial charge >= 0.3 is 0 Å². The van der Waals surface area contributed by atoms with Crippen LogP contribution in [-0.2, 0) is 10.3 Å². The predicted molar refractivity (Wildman–Crippen MR) is 78.2 cm³/mol. The SMILES string of the molecule is CCC(CC)(OC)c1noc(-c2ccc(C)c(N)c2)n1. The van der Waals surface area contributed by atoms with Gasteiger partial charge in [0.25, 0.3) is 5.89 Å². The summed E-state index contributed by atoms with van der Waals surface area (Å²) in [5.74, 6) is 1.05. The van der Waals surface area contributed by atoms with Crippen LogP contribution in [0.1, 0.15) is 38.1 Å². The zero-order valence-corrected chi connectivity index (χ0v) is 12.4. The number of aromatic nitrogens is 2. The van der Waals surface area contributed by atoms with Gasteiger partial charge in [-0.05, 0) is 37.5 Å². The quantitative estimate of drug-likeness (QED) is 0.847. The van der Waals surface area contributed by atoms with Crippen molar-refractivity contribution in [3.05, 3.63) is 29.6 Å². The summed E-state index contributed by atoms with van der Waals surface area (Å²) in [6.07, 6.45) is 1.57. The summed E-state index contributed by atoms with van der Waals surface area (Å²) < 4.78 is 11.0. The largest absolute Gasteiger partial charge is 0.398 e. The van der Waals surface area contributed by atoms with Crippen LogP contribution in [0.5, 0.6) is 0 Å². The van der Waals surface area contributed by atoms with Crippen LogP contribution in [-0.4, -0.2) is 17.3 Å². The topological polar surface area (TPSA) is 74.2 Å². The molecule has 0 aliphatic carbocycles. The monoisotopic (exact) mass is 275 g/mol. The van der Waals surface area contributed by atoms with Crippen LogP contribution in [0.2, 0.25) is 0 Å². The van der Waals surface area contributed by atoms with E-state index in [0.29, 0.717) is 17.4 Å². The van der Waals surface area contributed by atoms with E-state index in [-0.39, 0.29) is 0 Å². The number of nitrogen functional groups attached to an aromatic ring is 1. The van der Waals surface area contributed by atoms with Crippen LogP contribution >= 0.6 is 0 Å². The van der Waals surface area contributed by atoms with Gasteiger partial charge in [-0.15, -0.1) is 0 Å². The molecule has 5 nitrogen and oxygen atoms in total. The second-order valence-electron chi connectivity index (χ2n) is 4.90. The van der Waals surface area contributed by atoms with Crippen LogP contribution < -0.4 is 5.73 Å². The number of rotatable bonds is 5. The molecule has 0 saturated carbocycles. The van der Waals surface area contributed by atoms with Gasteiger partial charge in [0.15, 0.2) is 0 Å². The highest BCUT2D eigenvalue weighted by atomic mass is 16.5. The van der Waals surface area contributed by atoms with Crippen molar-refractivity contribution in [2.45, 2.75) is 39.2 Å². The summed E-state index contributed by atoms with van der Waals surface area (Å²) >= 11 is 0. The van der Waals surface area contributed by atoms with Crippen LogP contribution in [0.15, 0.2) is 22.7 Å². The minimum atomic E-state index is -0.488. The molecule has 2 aromatic rings. The maximum atomic E-state index is 5.91. The standard InChI is InChI=1S/C15H21N3O2/c1-5-15(6-2,19-4)14-17-13(20-18-14)11-8-7-10(3)12(16)9-11/h7-9H,5-6,16H2,1-4H3. The Morgan fingerprint density at radius 2 is 2.00 bits per heavy atom. The average molecular weight is 275 g/mol. The molecule has 5 heteroatoms. The lowest BCUT2D eigenvalue weighted by Gasteiger charge is -2.25. The van der Waals surface area contributed by atoms with Crippen LogP contribution in [0.25, 0.3) is 11.5 Å². The summed E-state index contributed by atoms with van der Waals surface area (Å²) in [7, 11) is 1.67. The van der Waals surface area contributed by atoms with Gasteiger partial charge < -0.3 is 15.0 Å². The third-order valence-electron chi connectivity index (χ3n) is 3.89. The third-order valence-corrected chi connectivity index (χ3v) is 3.89. The Morgan fingerprint density at radius 3 is 2.55 bits per heavy atom. The summed E-state index contributed by atoms with van der Waals surface area (Å²) in [5, 5.41) is 4.08. The highest BCUT2D eigenvalue weighted by Crippen LogP contribution is 2.32. The smallest absolute Gasteiger partial charge is 0.258 e. The number of anilines is 1. The molecule has 0 unspecified atom stereocenters. The maximum absolute atomic E-state index is 5.91. The molecule has 2 rings (SSSR count). The molecule has 1 heterocycles. The molecule has 0 amide bonds. The molecule has 0 radical (unpaired) electrons. The lowest BCUT2D eigenvalue weighted by atomic mass is 9.96. The van der Waals surface area contributed by atoms with Crippen molar-refractivity contribution < 1.29 is 9.26 Å². The molecule has 108 valence electrons. The Kier molecular flexibility index (Phi) is 4.09. The molecule has 2 N–H and O–H groups in total. The lowest BCUT2D eigenvalue weighted by molar-refractivity contribution is -0.0306. The zero-order valence-electron chi connectivity index (χ0n) is 12.4. The van der Waals surface area contributed by atoms with E-state index in [1.165, 1.54) is 0 Å². The maximum Gasteiger partial charge on any atom is 0.258 e. The van der Waals surface area contributed by atoms with E-state index in [1.54, 1.807) is 7.11 Å². The molecule has 0 aliphatic heterocycles. The van der Waals surface area contributed by atoms with E-state index in [2.05, 4.69) is 10.1 Å². The number of aryl methyl sites for hydroxylation is 1. The molecule has 0 aliphatic rings. The summed E-state index contributed by atoms with van der Waals surface area (Å²) in [6, 6.07) is 5.71. The number of benzene rings is 1. The lowest BCUT2D eigenvalue weighted by Crippen LogP contribution is -2.28. The number of hydrogen-bond donors (Lipinski definition) is 1. The molecular formula is C15H21N3O2. The first-order chi connectivity index (χ1) is 9.56. The van der Waals surface area contributed by atoms with Gasteiger partial charge in [0.1, 0.15) is 5.60 Å². The molecule has 0 saturated heterocycles. The van der Waals surface area contributed by atoms with Crippen LogP contribution in [0, 0.1) is 6.92 Å². The van der Waals surface area contributed by atoms with Crippen molar-refractivity contribution in [1.82, 2.24) is 10.1 Å². The van der Waals surface area contributed by atoms with E-state index in [9.17, 15) is 0 Å². The Morgan fingerprint density at radius 1 is 1.30 bits per heavy atom. The second kappa shape index (κ2) is 5.63. The zero-order chi connectivity index (χ0) is 14.8. The first kappa shape index (κ1) is 14.5. The fourth-order valence-corrected chi connectivity index (χ4v) is 2.25. The minimum Gasteiger partial charge on any atom is -0.398 e. The first-order valence-electron chi connectivity index (χ1n) is 6.82. The molecule has 20 heavy (non-hydrogen) atoms. The highest BCUT2D eigenvalue weighted by Gasteiger charge is 2.33. The van der Waals surface area contributed by atoms with Crippen LogP contribution in [0.4, 0.5) is 5.69 Å². The fourth-order valence-electron chi connectivity index (χ4n) is 2.25. The average Bonchev–Trinajstić information content (AvgIpc) is 2.95. The van der Waals surface area contributed by atoms with Crippen molar-refractivity contribution in [1.29, 1.82) is 0 Å². The Bertz CT molecular complexity index is 580. The molecule has 1 aromatic carbocycles. The summed E-state index contributed by atoms with van der Waals surface area (Å²) in [5.41, 5.74) is 7.99. The van der Waals surface area contributed by atoms with Gasteiger partial charge in [-0.1, -0.05) is 25.1 Å². The number of ether oxygens (including phenoxy) is 1. The Labute approximate surface area is 119 Å². The van der Waals surface area contributed by atoms with E-state index < -0.39 is 5.60 Å². The highest BCUT2D eigenvalue weighted by molar-refractivity contribution is 5.62. The van der Waals surface area contributed by atoms with Gasteiger partial charge in [-0.3, -0.25) is 0 Å². The Hall–Kier alpha value is -1.88. The number of hydrogen-bond acceptors (Lipinski definition) is 5. The van der Waals surface area contributed by atoms with Gasteiger partial charge in [-0.25, -0.2) is 0 Å². The van der Waals surface area contributed by atoms with E-state index in [1.807, 2.05) is 39.0 Å². The minimum absolute atomic E-state index is 0.468. The van der Waals surface area contributed by atoms with Gasteiger partial charge in [0.2, 0.25) is 5.82 Å². The van der Waals surface area contributed by atoms with E-state index in [0.717, 1.165) is 24.0 Å². The van der Waals surface area contributed by atoms with Gasteiger partial charge in [0.05, 0.1) is 0 Å². The van der Waals surface area contributed by atoms with Gasteiger partial charge in [0, 0.05) is 18.4 Å². The molecule has 0 fully saturated rings. The molecular weight excluding hydrogens is 254 g/mol. The predicted octanol–water partition coefficient (Wildman–Crippen LogP) is 3.29. The Balaban J connectivity index is 2.39. The third kappa shape index (κ3) is 2.41. The van der Waals surface area contributed by atoms with E-state index >= 15 is 0 Å². The normalized spacial score (nSPS) is 11.8. The number of nitrogens with two attached hydrogens (primary N) is 1. The van der Waals surface area contributed by atoms with Crippen molar-refractivity contribution in [2.75, 3.05) is 12.8 Å². The summed E-state index contributed by atoms with van der Waals surface area (Å²) in [6.45, 7) is 6.06. The van der Waals surface area contributed by atoms with Crippen molar-refractivity contribution >= 4 is 5.69 Å². The van der Waals surface area contributed by atoms with Crippen molar-refractivity contribution in [3.63, 3.8) is 0 Å². The molecule has 0 bridgehead atoms. The van der Waals surface area contributed by atoms with Crippen LogP contribution in [0.3, 0.4) is 0 Å². The van der Waals surface area contributed by atoms with Crippen molar-refractivity contribution in [2.24, 2.45) is 0 Å². The van der Waals surface area contributed by atoms with Gasteiger partial charge in [-0.2, -0.15) is 4.98 Å². The molecule has 0 atom stereocenters. The fraction of sp³-hybridized carbons (Fsp3) is 0.467. The summed E-state index contributed by atoms with van der Waals surface area (Å²) in [4.78, 5) is 4.48. The molecule has 0 spiro atoms. The van der Waals surface area contributed by atoms with E-state index in [4.69, 9.17) is 15.0 Å². The second-order valence-corrected chi connectivity index (χ2v) is 4.90. The van der Waals surface area contributed by atoms with Crippen molar-refractivity contribution in [3.8, 4) is 11.5 Å². The first-order valence-corrected chi connectivity index (χ1v) is 6.82. The number of nitrogens with zero attached hydrogens (tertiary/aromatic N) is 2. The number of methoxy groups -OCH3 is 1. The molecule has 1 aromatic heterocycles.